The van der Waals surface area contributed by atoms with Crippen molar-refractivity contribution in [1.82, 2.24) is 4.57 Å². The Kier molecular flexibility index (Phi) is 6.01. The van der Waals surface area contributed by atoms with Crippen LogP contribution in [0.2, 0.25) is 0 Å². The lowest BCUT2D eigenvalue weighted by Gasteiger charge is -2.18. The number of aromatic nitrogens is 1. The van der Waals surface area contributed by atoms with Crippen LogP contribution in [0.4, 0.5) is 0 Å². The predicted octanol–water partition coefficient (Wildman–Crippen LogP) is 3.69. The van der Waals surface area contributed by atoms with E-state index in [-0.39, 0.29) is 17.6 Å². The maximum absolute atomic E-state index is 12.8. The van der Waals surface area contributed by atoms with Gasteiger partial charge in [0.15, 0.2) is 0 Å². The molecule has 2 aromatic rings. The van der Waals surface area contributed by atoms with Crippen molar-refractivity contribution in [3.8, 4) is 5.75 Å². The molecule has 0 N–H and O–H groups in total. The Hall–Kier alpha value is -2.30. The minimum Gasteiger partial charge on any atom is -0.491 e. The van der Waals surface area contributed by atoms with Gasteiger partial charge in [-0.15, -0.1) is 0 Å². The molecule has 1 aromatic heterocycles. The fourth-order valence-corrected chi connectivity index (χ4v) is 2.61. The molecule has 0 aliphatic carbocycles. The van der Waals surface area contributed by atoms with Gasteiger partial charge in [-0.05, 0) is 56.3 Å². The molecule has 1 atom stereocenters. The second-order valence-electron chi connectivity index (χ2n) is 6.04. The average Bonchev–Trinajstić information content (AvgIpc) is 2.55. The topological polar surface area (TPSA) is 57.5 Å². The third-order valence-corrected chi connectivity index (χ3v) is 3.72. The van der Waals surface area contributed by atoms with Crippen LogP contribution in [-0.4, -0.2) is 23.2 Å². The van der Waals surface area contributed by atoms with Crippen LogP contribution >= 0.6 is 0 Å². The van der Waals surface area contributed by atoms with Crippen molar-refractivity contribution >= 4 is 16.7 Å². The second-order valence-corrected chi connectivity index (χ2v) is 6.04. The molecule has 0 radical (unpaired) electrons. The summed E-state index contributed by atoms with van der Waals surface area (Å²) in [6, 6.07) is 6.61. The van der Waals surface area contributed by atoms with Gasteiger partial charge in [-0.1, -0.05) is 13.8 Å². The van der Waals surface area contributed by atoms with Gasteiger partial charge in [-0.2, -0.15) is 0 Å². The smallest absolute Gasteiger partial charge is 0.329 e. The summed E-state index contributed by atoms with van der Waals surface area (Å²) in [4.78, 5) is 25.0. The predicted molar refractivity (Wildman–Crippen MR) is 94.6 cm³/mol. The standard InChI is InChI=1S/C19H25NO4/c1-5-11-23-19(22)17(6-2)20-10-9-14-12-15(24-13(3)4)7-8-16(14)18(20)21/h7-10,12-13,17H,5-6,11H2,1-4H3. The third-order valence-electron chi connectivity index (χ3n) is 3.72. The summed E-state index contributed by atoms with van der Waals surface area (Å²) in [6.07, 6.45) is 2.99. The van der Waals surface area contributed by atoms with Crippen molar-refractivity contribution in [2.24, 2.45) is 0 Å². The zero-order valence-electron chi connectivity index (χ0n) is 14.7. The molecule has 0 fully saturated rings. The van der Waals surface area contributed by atoms with Crippen LogP contribution in [0, 0.1) is 0 Å². The van der Waals surface area contributed by atoms with Crippen LogP contribution < -0.4 is 10.3 Å². The largest absolute Gasteiger partial charge is 0.491 e. The van der Waals surface area contributed by atoms with Crippen LogP contribution in [0.15, 0.2) is 35.3 Å². The lowest BCUT2D eigenvalue weighted by molar-refractivity contribution is -0.147. The van der Waals surface area contributed by atoms with Gasteiger partial charge in [-0.3, -0.25) is 4.79 Å². The molecule has 130 valence electrons. The number of pyridine rings is 1. The molecule has 24 heavy (non-hydrogen) atoms. The Labute approximate surface area is 142 Å². The zero-order valence-corrected chi connectivity index (χ0v) is 14.7. The van der Waals surface area contributed by atoms with Crippen LogP contribution in [-0.2, 0) is 9.53 Å². The van der Waals surface area contributed by atoms with Crippen molar-refractivity contribution in [1.29, 1.82) is 0 Å². The highest BCUT2D eigenvalue weighted by Crippen LogP contribution is 2.21. The summed E-state index contributed by atoms with van der Waals surface area (Å²) in [5.41, 5.74) is -0.191. The lowest BCUT2D eigenvalue weighted by Crippen LogP contribution is -2.30. The molecule has 5 heteroatoms. The molecule has 0 aliphatic heterocycles. The van der Waals surface area contributed by atoms with Crippen LogP contribution in [0.25, 0.3) is 10.8 Å². The monoisotopic (exact) mass is 331 g/mol. The molecule has 0 bridgehead atoms. The second kappa shape index (κ2) is 7.99. The van der Waals surface area contributed by atoms with Gasteiger partial charge in [0.1, 0.15) is 11.8 Å². The molecule has 1 aromatic carbocycles. The lowest BCUT2D eigenvalue weighted by atomic mass is 10.1. The maximum atomic E-state index is 12.8. The summed E-state index contributed by atoms with van der Waals surface area (Å²) in [7, 11) is 0. The van der Waals surface area contributed by atoms with E-state index < -0.39 is 6.04 Å². The fraction of sp³-hybridized carbons (Fsp3) is 0.474. The summed E-state index contributed by atoms with van der Waals surface area (Å²) >= 11 is 0. The highest BCUT2D eigenvalue weighted by atomic mass is 16.5. The van der Waals surface area contributed by atoms with Gasteiger partial charge in [0.05, 0.1) is 12.7 Å². The minimum atomic E-state index is -0.597. The van der Waals surface area contributed by atoms with Crippen molar-refractivity contribution in [2.75, 3.05) is 6.61 Å². The van der Waals surface area contributed by atoms with Crippen LogP contribution in [0.1, 0.15) is 46.6 Å². The van der Waals surface area contributed by atoms with Crippen molar-refractivity contribution in [3.05, 3.63) is 40.8 Å². The molecule has 0 spiro atoms. The Morgan fingerprint density at radius 3 is 2.58 bits per heavy atom. The van der Waals surface area contributed by atoms with Gasteiger partial charge < -0.3 is 14.0 Å². The summed E-state index contributed by atoms with van der Waals surface area (Å²) < 4.78 is 12.3. The highest BCUT2D eigenvalue weighted by molar-refractivity contribution is 5.83. The van der Waals surface area contributed by atoms with E-state index in [1.165, 1.54) is 4.57 Å². The van der Waals surface area contributed by atoms with Gasteiger partial charge in [0.25, 0.3) is 5.56 Å². The Balaban J connectivity index is 2.40. The normalized spacial score (nSPS) is 12.4. The van der Waals surface area contributed by atoms with Crippen LogP contribution in [0.3, 0.4) is 0 Å². The number of hydrogen-bond acceptors (Lipinski definition) is 4. The minimum absolute atomic E-state index is 0.0700. The number of benzene rings is 1. The van der Waals surface area contributed by atoms with Gasteiger partial charge in [0, 0.05) is 11.6 Å². The van der Waals surface area contributed by atoms with E-state index in [0.29, 0.717) is 18.4 Å². The first-order valence-electron chi connectivity index (χ1n) is 8.46. The van der Waals surface area contributed by atoms with E-state index in [1.807, 2.05) is 39.8 Å². The molecule has 5 nitrogen and oxygen atoms in total. The molecular weight excluding hydrogens is 306 g/mol. The Morgan fingerprint density at radius 2 is 1.96 bits per heavy atom. The van der Waals surface area contributed by atoms with Crippen molar-refractivity contribution in [3.63, 3.8) is 0 Å². The van der Waals surface area contributed by atoms with E-state index in [9.17, 15) is 9.59 Å². The maximum Gasteiger partial charge on any atom is 0.329 e. The van der Waals surface area contributed by atoms with Crippen molar-refractivity contribution in [2.45, 2.75) is 52.7 Å². The molecule has 1 heterocycles. The Bertz CT molecular complexity index is 764. The Morgan fingerprint density at radius 1 is 1.21 bits per heavy atom. The zero-order chi connectivity index (χ0) is 17.7. The number of hydrogen-bond donors (Lipinski definition) is 0. The van der Waals surface area contributed by atoms with E-state index in [2.05, 4.69) is 0 Å². The average molecular weight is 331 g/mol. The summed E-state index contributed by atoms with van der Waals surface area (Å²) in [6.45, 7) is 8.08. The van der Waals surface area contributed by atoms with Gasteiger partial charge in [-0.25, -0.2) is 4.79 Å². The summed E-state index contributed by atoms with van der Waals surface area (Å²) in [5.74, 6) is 0.365. The van der Waals surface area contributed by atoms with E-state index in [4.69, 9.17) is 9.47 Å². The highest BCUT2D eigenvalue weighted by Gasteiger charge is 2.21. The molecule has 0 aliphatic rings. The first kappa shape index (κ1) is 18.0. The quantitative estimate of drug-likeness (QED) is 0.726. The first-order valence-corrected chi connectivity index (χ1v) is 8.46. The number of esters is 1. The third kappa shape index (κ3) is 3.96. The number of fused-ring (bicyclic) bond motifs is 1. The molecule has 0 saturated carbocycles. The summed E-state index contributed by atoms with van der Waals surface area (Å²) in [5, 5.41) is 1.36. The number of nitrogens with zero attached hydrogens (tertiary/aromatic N) is 1. The van der Waals surface area contributed by atoms with E-state index in [1.54, 1.807) is 18.3 Å². The molecule has 0 amide bonds. The van der Waals surface area contributed by atoms with Crippen molar-refractivity contribution < 1.29 is 14.3 Å². The van der Waals surface area contributed by atoms with Gasteiger partial charge in [0.2, 0.25) is 0 Å². The number of carbonyl (C=O) groups excluding carboxylic acids is 1. The molecular formula is C19H25NO4. The fourth-order valence-electron chi connectivity index (χ4n) is 2.61. The van der Waals surface area contributed by atoms with Gasteiger partial charge >= 0.3 is 5.97 Å². The van der Waals surface area contributed by atoms with Crippen LogP contribution in [0.5, 0.6) is 5.75 Å². The first-order chi connectivity index (χ1) is 11.5. The number of carbonyl (C=O) groups is 1. The molecule has 2 rings (SSSR count). The SMILES string of the molecule is CCCOC(=O)C(CC)n1ccc2cc(OC(C)C)ccc2c1=O. The van der Waals surface area contributed by atoms with E-state index >= 15 is 0 Å². The number of ether oxygens (including phenoxy) is 2. The van der Waals surface area contributed by atoms with E-state index in [0.717, 1.165) is 17.6 Å². The molecule has 1 unspecified atom stereocenters. The number of rotatable bonds is 7. The molecule has 0 saturated heterocycles.